The number of hydrogen-bond donors (Lipinski definition) is 1. The number of aliphatic hydroxyl groups excluding tert-OH is 1. The van der Waals surface area contributed by atoms with Gasteiger partial charge in [-0.25, -0.2) is 0 Å². The van der Waals surface area contributed by atoms with Crippen molar-refractivity contribution in [3.8, 4) is 0 Å². The molecule has 0 radical (unpaired) electrons. The van der Waals surface area contributed by atoms with Crippen LogP contribution in [0.15, 0.2) is 24.8 Å². The van der Waals surface area contributed by atoms with Gasteiger partial charge in [0.1, 0.15) is 0 Å². The smallest absolute Gasteiger partial charge is 0.0612 e. The molecule has 1 unspecified atom stereocenters. The van der Waals surface area contributed by atoms with Gasteiger partial charge in [0.15, 0.2) is 0 Å². The van der Waals surface area contributed by atoms with Crippen LogP contribution in [0.1, 0.15) is 39.0 Å². The van der Waals surface area contributed by atoms with E-state index < -0.39 is 0 Å². The van der Waals surface area contributed by atoms with Crippen molar-refractivity contribution < 1.29 is 5.11 Å². The van der Waals surface area contributed by atoms with Crippen molar-refractivity contribution in [2.45, 2.75) is 39.0 Å². The number of rotatable bonds is 8. The van der Waals surface area contributed by atoms with Gasteiger partial charge in [0.2, 0.25) is 0 Å². The lowest BCUT2D eigenvalue weighted by molar-refractivity contribution is 0.341. The van der Waals surface area contributed by atoms with E-state index in [9.17, 15) is 0 Å². The van der Waals surface area contributed by atoms with E-state index in [1.54, 1.807) is 0 Å². The highest BCUT2D eigenvalue weighted by molar-refractivity contribution is 4.85. The minimum Gasteiger partial charge on any atom is -0.392 e. The maximum absolute atomic E-state index is 8.58. The summed E-state index contributed by atoms with van der Waals surface area (Å²) in [6.07, 6.45) is 11.9. The molecular formula is C12H22O. The largest absolute Gasteiger partial charge is 0.392 e. The fourth-order valence-corrected chi connectivity index (χ4v) is 1.42. The lowest BCUT2D eigenvalue weighted by Gasteiger charge is -2.11. The molecular weight excluding hydrogens is 160 g/mol. The predicted molar refractivity (Wildman–Crippen MR) is 58.7 cm³/mol. The number of hydrogen-bond acceptors (Lipinski definition) is 1. The molecule has 0 aliphatic carbocycles. The van der Waals surface area contributed by atoms with Crippen molar-refractivity contribution in [2.75, 3.05) is 6.61 Å². The summed E-state index contributed by atoms with van der Waals surface area (Å²) in [6.45, 7) is 6.14. The zero-order chi connectivity index (χ0) is 9.94. The van der Waals surface area contributed by atoms with Gasteiger partial charge < -0.3 is 5.11 Å². The van der Waals surface area contributed by atoms with Gasteiger partial charge in [-0.3, -0.25) is 0 Å². The summed E-state index contributed by atoms with van der Waals surface area (Å²) in [5, 5.41) is 8.58. The normalized spacial score (nSPS) is 13.4. The molecule has 1 N–H and O–H groups in total. The summed E-state index contributed by atoms with van der Waals surface area (Å²) in [4.78, 5) is 0. The van der Waals surface area contributed by atoms with Crippen LogP contribution in [0.4, 0.5) is 0 Å². The number of unbranched alkanes of at least 4 members (excludes halogenated alkanes) is 1. The molecule has 0 rings (SSSR count). The summed E-state index contributed by atoms with van der Waals surface area (Å²) < 4.78 is 0. The van der Waals surface area contributed by atoms with Gasteiger partial charge in [-0.15, -0.1) is 6.58 Å². The highest BCUT2D eigenvalue weighted by Crippen LogP contribution is 2.17. The quantitative estimate of drug-likeness (QED) is 0.571. The molecule has 0 aliphatic rings. The maximum atomic E-state index is 8.58. The molecule has 76 valence electrons. The molecule has 0 fully saturated rings. The van der Waals surface area contributed by atoms with E-state index in [-0.39, 0.29) is 6.61 Å². The lowest BCUT2D eigenvalue weighted by atomic mass is 9.95. The second kappa shape index (κ2) is 9.53. The first-order valence-corrected chi connectivity index (χ1v) is 5.21. The fraction of sp³-hybridized carbons (Fsp3) is 0.667. The predicted octanol–water partition coefficient (Wildman–Crippen LogP) is 3.31. The van der Waals surface area contributed by atoms with Gasteiger partial charge >= 0.3 is 0 Å². The third-order valence-corrected chi connectivity index (χ3v) is 2.21. The molecule has 0 saturated carbocycles. The van der Waals surface area contributed by atoms with Crippen LogP contribution in [0.3, 0.4) is 0 Å². The summed E-state index contributed by atoms with van der Waals surface area (Å²) in [5.41, 5.74) is 0. The molecule has 0 bridgehead atoms. The number of allylic oxidation sites excluding steroid dienone is 2. The molecule has 1 nitrogen and oxygen atoms in total. The summed E-state index contributed by atoms with van der Waals surface area (Å²) in [6, 6.07) is 0. The molecule has 1 heteroatoms. The van der Waals surface area contributed by atoms with E-state index in [4.69, 9.17) is 5.11 Å². The minimum absolute atomic E-state index is 0.161. The Morgan fingerprint density at radius 2 is 2.08 bits per heavy atom. The first-order valence-electron chi connectivity index (χ1n) is 5.21. The van der Waals surface area contributed by atoms with E-state index >= 15 is 0 Å². The number of aliphatic hydroxyl groups is 1. The molecule has 0 aromatic heterocycles. The Morgan fingerprint density at radius 3 is 2.62 bits per heavy atom. The maximum Gasteiger partial charge on any atom is 0.0612 e. The molecule has 0 saturated heterocycles. The van der Waals surface area contributed by atoms with Gasteiger partial charge in [-0.1, -0.05) is 38.0 Å². The molecule has 0 spiro atoms. The molecule has 1 atom stereocenters. The van der Waals surface area contributed by atoms with Crippen molar-refractivity contribution in [1.29, 1.82) is 0 Å². The summed E-state index contributed by atoms with van der Waals surface area (Å²) in [7, 11) is 0. The van der Waals surface area contributed by atoms with Crippen LogP contribution in [0.2, 0.25) is 0 Å². The Balaban J connectivity index is 3.65. The standard InChI is InChI=1S/C12H22O/c1-3-5-9-12(8-4-2)10-6-7-11-13/h4,6-7,12-13H,2-3,5,8-11H2,1H3. The average molecular weight is 182 g/mol. The second-order valence-corrected chi connectivity index (χ2v) is 3.42. The van der Waals surface area contributed by atoms with Crippen molar-refractivity contribution in [2.24, 2.45) is 5.92 Å². The molecule has 0 aromatic carbocycles. The molecule has 0 aliphatic heterocycles. The summed E-state index contributed by atoms with van der Waals surface area (Å²) >= 11 is 0. The lowest BCUT2D eigenvalue weighted by Crippen LogP contribution is -1.97. The van der Waals surface area contributed by atoms with Crippen LogP contribution < -0.4 is 0 Å². The Morgan fingerprint density at radius 1 is 1.31 bits per heavy atom. The topological polar surface area (TPSA) is 20.2 Å². The summed E-state index contributed by atoms with van der Waals surface area (Å²) in [5.74, 6) is 0.722. The van der Waals surface area contributed by atoms with E-state index in [1.165, 1.54) is 19.3 Å². The highest BCUT2D eigenvalue weighted by Gasteiger charge is 2.03. The molecule has 0 amide bonds. The zero-order valence-corrected chi connectivity index (χ0v) is 8.71. The zero-order valence-electron chi connectivity index (χ0n) is 8.71. The third kappa shape index (κ3) is 7.79. The van der Waals surface area contributed by atoms with E-state index in [0.29, 0.717) is 0 Å². The monoisotopic (exact) mass is 182 g/mol. The van der Waals surface area contributed by atoms with Gasteiger partial charge in [-0.2, -0.15) is 0 Å². The van der Waals surface area contributed by atoms with Crippen LogP contribution in [0, 0.1) is 5.92 Å². The first-order chi connectivity index (χ1) is 6.35. The van der Waals surface area contributed by atoms with E-state index in [1.807, 2.05) is 12.2 Å². The van der Waals surface area contributed by atoms with Crippen LogP contribution >= 0.6 is 0 Å². The minimum atomic E-state index is 0.161. The van der Waals surface area contributed by atoms with Crippen LogP contribution in [0.25, 0.3) is 0 Å². The Hall–Kier alpha value is -0.560. The molecule has 0 heterocycles. The SMILES string of the molecule is C=CCC(CC=CCO)CCCC. The molecule has 13 heavy (non-hydrogen) atoms. The Labute approximate surface area is 82.2 Å². The Kier molecular flexibility index (Phi) is 9.12. The highest BCUT2D eigenvalue weighted by atomic mass is 16.2. The second-order valence-electron chi connectivity index (χ2n) is 3.42. The van der Waals surface area contributed by atoms with Crippen molar-refractivity contribution in [3.05, 3.63) is 24.8 Å². The van der Waals surface area contributed by atoms with E-state index in [0.717, 1.165) is 18.8 Å². The first kappa shape index (κ1) is 12.4. The van der Waals surface area contributed by atoms with Crippen LogP contribution in [-0.4, -0.2) is 11.7 Å². The van der Waals surface area contributed by atoms with Crippen LogP contribution in [0.5, 0.6) is 0 Å². The fourth-order valence-electron chi connectivity index (χ4n) is 1.42. The van der Waals surface area contributed by atoms with Crippen LogP contribution in [-0.2, 0) is 0 Å². The average Bonchev–Trinajstić information content (AvgIpc) is 2.14. The Bertz CT molecular complexity index is 138. The van der Waals surface area contributed by atoms with Gasteiger partial charge in [-0.05, 0) is 25.2 Å². The van der Waals surface area contributed by atoms with Gasteiger partial charge in [0, 0.05) is 0 Å². The van der Waals surface area contributed by atoms with Crippen molar-refractivity contribution in [1.82, 2.24) is 0 Å². The van der Waals surface area contributed by atoms with Gasteiger partial charge in [0.25, 0.3) is 0 Å². The van der Waals surface area contributed by atoms with Crippen molar-refractivity contribution >= 4 is 0 Å². The molecule has 0 aromatic rings. The van der Waals surface area contributed by atoms with Gasteiger partial charge in [0.05, 0.1) is 6.61 Å². The third-order valence-electron chi connectivity index (χ3n) is 2.21. The van der Waals surface area contributed by atoms with Crippen molar-refractivity contribution in [3.63, 3.8) is 0 Å². The van der Waals surface area contributed by atoms with E-state index in [2.05, 4.69) is 19.6 Å².